The van der Waals surface area contributed by atoms with Gasteiger partial charge in [0.2, 0.25) is 5.91 Å². The number of amides is 1. The van der Waals surface area contributed by atoms with Gasteiger partial charge in [0, 0.05) is 17.0 Å². The maximum Gasteiger partial charge on any atom is 0.387 e. The fourth-order valence-electron chi connectivity index (χ4n) is 2.75. The number of methoxy groups -OCH3 is 1. The molecule has 5 nitrogen and oxygen atoms in total. The van der Waals surface area contributed by atoms with Crippen molar-refractivity contribution in [2.75, 3.05) is 7.11 Å². The number of fused-ring (bicyclic) bond motifs is 1. The van der Waals surface area contributed by atoms with Gasteiger partial charge in [0.1, 0.15) is 11.3 Å². The van der Waals surface area contributed by atoms with Gasteiger partial charge in [0.15, 0.2) is 11.5 Å². The smallest absolute Gasteiger partial charge is 0.387 e. The number of ether oxygens (including phenoxy) is 2. The molecule has 0 radical (unpaired) electrons. The van der Waals surface area contributed by atoms with Crippen LogP contribution in [0, 0.1) is 0 Å². The van der Waals surface area contributed by atoms with Crippen LogP contribution in [0.1, 0.15) is 24.3 Å². The minimum absolute atomic E-state index is 0.130. The van der Waals surface area contributed by atoms with E-state index < -0.39 is 12.5 Å². The lowest BCUT2D eigenvalue weighted by Crippen LogP contribution is -2.24. The van der Waals surface area contributed by atoms with E-state index in [1.807, 2.05) is 30.3 Å². The van der Waals surface area contributed by atoms with Gasteiger partial charge in [-0.15, -0.1) is 0 Å². The van der Waals surface area contributed by atoms with E-state index in [0.29, 0.717) is 11.3 Å². The second-order valence-corrected chi connectivity index (χ2v) is 6.01. The number of halogens is 2. The van der Waals surface area contributed by atoms with Gasteiger partial charge in [0.05, 0.1) is 13.2 Å². The first-order valence-corrected chi connectivity index (χ1v) is 8.57. The zero-order valence-electron chi connectivity index (χ0n) is 15.3. The van der Waals surface area contributed by atoms with E-state index >= 15 is 0 Å². The Hall–Kier alpha value is -3.35. The molecule has 1 N–H and O–H groups in total. The molecule has 1 amide bonds. The maximum atomic E-state index is 12.7. The van der Waals surface area contributed by atoms with Gasteiger partial charge in [-0.25, -0.2) is 0 Å². The highest BCUT2D eigenvalue weighted by Crippen LogP contribution is 2.33. The number of benzene rings is 2. The molecule has 0 aliphatic heterocycles. The third-order valence-electron chi connectivity index (χ3n) is 4.08. The molecule has 1 aromatic heterocycles. The largest absolute Gasteiger partial charge is 0.493 e. The standard InChI is InChI=1S/C21H19F2NO4/c1-13(18-12-15-6-3-4-8-16(15)27-18)24-19(25)11-10-14-7-5-9-17(26-2)20(14)28-21(22)23/h3-13,21H,1-2H3,(H,24,25)/b11-10+/t13-/m0/s1. The van der Waals surface area contributed by atoms with E-state index in [4.69, 9.17) is 9.15 Å². The van der Waals surface area contributed by atoms with Crippen molar-refractivity contribution in [3.63, 3.8) is 0 Å². The van der Waals surface area contributed by atoms with Crippen LogP contribution in [0.2, 0.25) is 0 Å². The van der Waals surface area contributed by atoms with Gasteiger partial charge in [-0.1, -0.05) is 30.3 Å². The summed E-state index contributed by atoms with van der Waals surface area (Å²) in [4.78, 5) is 12.2. The number of carbonyl (C=O) groups is 1. The van der Waals surface area contributed by atoms with E-state index in [0.717, 1.165) is 11.0 Å². The van der Waals surface area contributed by atoms with E-state index in [2.05, 4.69) is 10.1 Å². The SMILES string of the molecule is COc1cccc(/C=C/C(=O)N[C@@H](C)c2cc3ccccc3o2)c1OC(F)F. The van der Waals surface area contributed by atoms with Crippen molar-refractivity contribution >= 4 is 23.0 Å². The summed E-state index contributed by atoms with van der Waals surface area (Å²) < 4.78 is 40.6. The minimum Gasteiger partial charge on any atom is -0.493 e. The highest BCUT2D eigenvalue weighted by atomic mass is 19.3. The third-order valence-corrected chi connectivity index (χ3v) is 4.08. The molecule has 3 rings (SSSR count). The lowest BCUT2D eigenvalue weighted by atomic mass is 10.1. The molecule has 0 saturated heterocycles. The first-order valence-electron chi connectivity index (χ1n) is 8.57. The number of nitrogens with one attached hydrogen (secondary N) is 1. The van der Waals surface area contributed by atoms with Crippen molar-refractivity contribution in [3.8, 4) is 11.5 Å². The third kappa shape index (κ3) is 4.49. The zero-order chi connectivity index (χ0) is 20.1. The molecule has 0 fully saturated rings. The summed E-state index contributed by atoms with van der Waals surface area (Å²) >= 11 is 0. The Labute approximate surface area is 160 Å². The Balaban J connectivity index is 1.73. The van der Waals surface area contributed by atoms with Gasteiger partial charge in [-0.05, 0) is 31.2 Å². The normalized spacial score (nSPS) is 12.5. The summed E-state index contributed by atoms with van der Waals surface area (Å²) in [6, 6.07) is 13.7. The van der Waals surface area contributed by atoms with Crippen LogP contribution in [0.4, 0.5) is 8.78 Å². The number of hydrogen-bond acceptors (Lipinski definition) is 4. The number of carbonyl (C=O) groups excluding carboxylic acids is 1. The zero-order valence-corrected chi connectivity index (χ0v) is 15.3. The Kier molecular flexibility index (Phi) is 5.93. The highest BCUT2D eigenvalue weighted by molar-refractivity contribution is 5.92. The van der Waals surface area contributed by atoms with Gasteiger partial charge in [-0.2, -0.15) is 8.78 Å². The van der Waals surface area contributed by atoms with E-state index in [1.54, 1.807) is 19.1 Å². The lowest BCUT2D eigenvalue weighted by Gasteiger charge is -2.12. The van der Waals surface area contributed by atoms with E-state index in [-0.39, 0.29) is 17.5 Å². The molecule has 0 aliphatic carbocycles. The van der Waals surface area contributed by atoms with Crippen LogP contribution in [0.3, 0.4) is 0 Å². The highest BCUT2D eigenvalue weighted by Gasteiger charge is 2.15. The summed E-state index contributed by atoms with van der Waals surface area (Å²) in [7, 11) is 1.35. The quantitative estimate of drug-likeness (QED) is 0.584. The molecular formula is C21H19F2NO4. The molecule has 0 saturated carbocycles. The van der Waals surface area contributed by atoms with Crippen LogP contribution in [-0.4, -0.2) is 19.6 Å². The number of hydrogen-bond donors (Lipinski definition) is 1. The van der Waals surface area contributed by atoms with Crippen molar-refractivity contribution < 1.29 is 27.5 Å². The molecule has 0 spiro atoms. The van der Waals surface area contributed by atoms with Crippen molar-refractivity contribution in [1.29, 1.82) is 0 Å². The Morgan fingerprint density at radius 3 is 2.68 bits per heavy atom. The lowest BCUT2D eigenvalue weighted by molar-refractivity contribution is -0.117. The minimum atomic E-state index is -3.01. The predicted molar refractivity (Wildman–Crippen MR) is 101 cm³/mol. The van der Waals surface area contributed by atoms with E-state index in [9.17, 15) is 13.6 Å². The summed E-state index contributed by atoms with van der Waals surface area (Å²) in [5, 5.41) is 3.72. The summed E-state index contributed by atoms with van der Waals surface area (Å²) in [5.41, 5.74) is 1.03. The van der Waals surface area contributed by atoms with Crippen LogP contribution < -0.4 is 14.8 Å². The molecule has 7 heteroatoms. The Morgan fingerprint density at radius 1 is 1.18 bits per heavy atom. The van der Waals surface area contributed by atoms with Crippen LogP contribution >= 0.6 is 0 Å². The average molecular weight is 387 g/mol. The molecule has 1 atom stereocenters. The monoisotopic (exact) mass is 387 g/mol. The number of para-hydroxylation sites is 2. The van der Waals surface area contributed by atoms with Crippen LogP contribution in [0.25, 0.3) is 17.0 Å². The van der Waals surface area contributed by atoms with Gasteiger partial charge < -0.3 is 19.2 Å². The van der Waals surface area contributed by atoms with Crippen molar-refractivity contribution in [2.24, 2.45) is 0 Å². The van der Waals surface area contributed by atoms with Crippen molar-refractivity contribution in [3.05, 3.63) is 65.9 Å². The first kappa shape index (κ1) is 19.4. The average Bonchev–Trinajstić information content (AvgIpc) is 3.11. The molecule has 0 unspecified atom stereocenters. The van der Waals surface area contributed by atoms with Crippen LogP contribution in [-0.2, 0) is 4.79 Å². The molecule has 2 aromatic carbocycles. The number of alkyl halides is 2. The fourth-order valence-corrected chi connectivity index (χ4v) is 2.75. The summed E-state index contributed by atoms with van der Waals surface area (Å²) in [6.07, 6.45) is 2.63. The fraction of sp³-hybridized carbons (Fsp3) is 0.190. The van der Waals surface area contributed by atoms with Gasteiger partial charge in [-0.3, -0.25) is 4.79 Å². The topological polar surface area (TPSA) is 60.7 Å². The van der Waals surface area contributed by atoms with Crippen molar-refractivity contribution in [2.45, 2.75) is 19.6 Å². The predicted octanol–water partition coefficient (Wildman–Crippen LogP) is 4.93. The van der Waals surface area contributed by atoms with Gasteiger partial charge in [0.25, 0.3) is 0 Å². The molecule has 3 aromatic rings. The molecule has 28 heavy (non-hydrogen) atoms. The Morgan fingerprint density at radius 2 is 1.96 bits per heavy atom. The molecule has 1 heterocycles. The second kappa shape index (κ2) is 8.56. The summed E-state index contributed by atoms with van der Waals surface area (Å²) in [6.45, 7) is -1.22. The number of rotatable bonds is 7. The van der Waals surface area contributed by atoms with E-state index in [1.165, 1.54) is 25.3 Å². The molecular weight excluding hydrogens is 368 g/mol. The molecule has 0 bridgehead atoms. The number of furan rings is 1. The molecule has 0 aliphatic rings. The van der Waals surface area contributed by atoms with Crippen molar-refractivity contribution in [1.82, 2.24) is 5.32 Å². The summed E-state index contributed by atoms with van der Waals surface area (Å²) in [5.74, 6) is 0.234. The maximum absolute atomic E-state index is 12.7. The van der Waals surface area contributed by atoms with Gasteiger partial charge >= 0.3 is 6.61 Å². The molecule has 146 valence electrons. The first-order chi connectivity index (χ1) is 13.5. The van der Waals surface area contributed by atoms with Crippen LogP contribution in [0.15, 0.2) is 59.0 Å². The Bertz CT molecular complexity index is 964. The second-order valence-electron chi connectivity index (χ2n) is 6.01. The van der Waals surface area contributed by atoms with Crippen LogP contribution in [0.5, 0.6) is 11.5 Å².